The summed E-state index contributed by atoms with van der Waals surface area (Å²) in [6.45, 7) is 0.457. The van der Waals surface area contributed by atoms with Gasteiger partial charge in [0.2, 0.25) is 0 Å². The maximum atomic E-state index is 13.1. The van der Waals surface area contributed by atoms with Gasteiger partial charge in [0.05, 0.1) is 0 Å². The Morgan fingerprint density at radius 2 is 2.06 bits per heavy atom. The molecule has 2 aromatic heterocycles. The fraction of sp³-hybridized carbons (Fsp3) is 0.0714. The molecular weight excluding hydrogens is 231 g/mol. The van der Waals surface area contributed by atoms with E-state index in [0.717, 1.165) is 10.9 Å². The molecule has 3 aromatic rings. The minimum atomic E-state index is -0.277. The van der Waals surface area contributed by atoms with Crippen LogP contribution in [-0.4, -0.2) is 4.98 Å². The lowest BCUT2D eigenvalue weighted by atomic mass is 10.2. The second-order valence-corrected chi connectivity index (χ2v) is 4.05. The van der Waals surface area contributed by atoms with E-state index in [2.05, 4.69) is 4.98 Å². The third kappa shape index (κ3) is 1.87. The fourth-order valence-electron chi connectivity index (χ4n) is 1.83. The van der Waals surface area contributed by atoms with E-state index in [1.54, 1.807) is 18.3 Å². The van der Waals surface area contributed by atoms with Crippen LogP contribution in [-0.2, 0) is 6.54 Å². The largest absolute Gasteiger partial charge is 0.454 e. The number of nitrogens with zero attached hydrogens (tertiary/aromatic N) is 1. The van der Waals surface area contributed by atoms with Crippen LogP contribution in [0.5, 0.6) is 0 Å². The fourth-order valence-corrected chi connectivity index (χ4v) is 1.83. The molecule has 0 amide bonds. The van der Waals surface area contributed by atoms with E-state index in [1.807, 2.05) is 12.1 Å². The monoisotopic (exact) mass is 242 g/mol. The summed E-state index contributed by atoms with van der Waals surface area (Å²) >= 11 is 0. The van der Waals surface area contributed by atoms with Crippen LogP contribution in [0.3, 0.4) is 0 Å². The quantitative estimate of drug-likeness (QED) is 0.751. The van der Waals surface area contributed by atoms with Gasteiger partial charge in [-0.3, -0.25) is 4.98 Å². The first-order chi connectivity index (χ1) is 8.76. The Morgan fingerprint density at radius 1 is 1.17 bits per heavy atom. The molecule has 18 heavy (non-hydrogen) atoms. The Balaban J connectivity index is 2.07. The van der Waals surface area contributed by atoms with Crippen molar-refractivity contribution in [2.75, 3.05) is 0 Å². The van der Waals surface area contributed by atoms with Gasteiger partial charge < -0.3 is 10.2 Å². The summed E-state index contributed by atoms with van der Waals surface area (Å²) < 4.78 is 18.7. The third-order valence-electron chi connectivity index (χ3n) is 2.79. The van der Waals surface area contributed by atoms with Gasteiger partial charge in [-0.2, -0.15) is 0 Å². The molecule has 3 nitrogen and oxygen atoms in total. The Morgan fingerprint density at radius 3 is 2.78 bits per heavy atom. The molecule has 0 saturated carbocycles. The molecule has 2 N–H and O–H groups in total. The molecule has 0 saturated heterocycles. The van der Waals surface area contributed by atoms with Gasteiger partial charge >= 0.3 is 0 Å². The van der Waals surface area contributed by atoms with E-state index in [1.165, 1.54) is 12.1 Å². The zero-order valence-electron chi connectivity index (χ0n) is 9.56. The molecular formula is C14H11FN2O. The first-order valence-corrected chi connectivity index (χ1v) is 5.61. The van der Waals surface area contributed by atoms with E-state index in [4.69, 9.17) is 10.2 Å². The molecule has 1 aromatic carbocycles. The highest BCUT2D eigenvalue weighted by Gasteiger charge is 2.07. The van der Waals surface area contributed by atoms with Crippen molar-refractivity contribution < 1.29 is 8.81 Å². The highest BCUT2D eigenvalue weighted by atomic mass is 19.1. The van der Waals surface area contributed by atoms with Gasteiger partial charge in [-0.25, -0.2) is 4.39 Å². The number of benzene rings is 1. The van der Waals surface area contributed by atoms with Crippen molar-refractivity contribution in [3.63, 3.8) is 0 Å². The van der Waals surface area contributed by atoms with E-state index in [9.17, 15) is 4.39 Å². The van der Waals surface area contributed by atoms with E-state index in [0.29, 0.717) is 23.6 Å². The van der Waals surface area contributed by atoms with Gasteiger partial charge in [0, 0.05) is 18.1 Å². The molecule has 0 aliphatic rings. The van der Waals surface area contributed by atoms with Crippen LogP contribution in [0.15, 0.2) is 47.0 Å². The number of furan rings is 1. The van der Waals surface area contributed by atoms with Gasteiger partial charge in [-0.15, -0.1) is 0 Å². The normalized spacial score (nSPS) is 11.0. The average molecular weight is 242 g/mol. The molecule has 4 heteroatoms. The lowest BCUT2D eigenvalue weighted by Gasteiger charge is -1.97. The van der Waals surface area contributed by atoms with Gasteiger partial charge in [-0.05, 0) is 35.9 Å². The van der Waals surface area contributed by atoms with Crippen LogP contribution in [0.25, 0.3) is 22.4 Å². The second kappa shape index (κ2) is 4.23. The van der Waals surface area contributed by atoms with Gasteiger partial charge in [0.25, 0.3) is 0 Å². The number of rotatable bonds is 2. The summed E-state index contributed by atoms with van der Waals surface area (Å²) in [4.78, 5) is 4.27. The zero-order chi connectivity index (χ0) is 12.5. The standard InChI is InChI=1S/C14H11FN2O/c15-11-2-4-13-10(5-11)6-14(18-13)12-3-1-9(7-16)8-17-12/h1-6,8H,7,16H2. The van der Waals surface area contributed by atoms with Gasteiger partial charge in [0.1, 0.15) is 17.1 Å². The molecule has 0 bridgehead atoms. The molecule has 0 radical (unpaired) electrons. The molecule has 0 unspecified atom stereocenters. The number of fused-ring (bicyclic) bond motifs is 1. The van der Waals surface area contributed by atoms with E-state index >= 15 is 0 Å². The highest BCUT2D eigenvalue weighted by molar-refractivity contribution is 5.82. The van der Waals surface area contributed by atoms with Crippen molar-refractivity contribution in [1.29, 1.82) is 0 Å². The minimum absolute atomic E-state index is 0.277. The third-order valence-corrected chi connectivity index (χ3v) is 2.79. The first kappa shape index (κ1) is 10.9. The number of pyridine rings is 1. The Hall–Kier alpha value is -2.20. The van der Waals surface area contributed by atoms with Crippen LogP contribution in [0, 0.1) is 5.82 Å². The number of nitrogens with two attached hydrogens (primary N) is 1. The number of halogens is 1. The summed E-state index contributed by atoms with van der Waals surface area (Å²) in [7, 11) is 0. The van der Waals surface area contributed by atoms with Crippen LogP contribution in [0.1, 0.15) is 5.56 Å². The van der Waals surface area contributed by atoms with E-state index in [-0.39, 0.29) is 5.82 Å². The van der Waals surface area contributed by atoms with Crippen LogP contribution in [0.2, 0.25) is 0 Å². The zero-order valence-corrected chi connectivity index (χ0v) is 9.56. The van der Waals surface area contributed by atoms with Crippen LogP contribution in [0.4, 0.5) is 4.39 Å². The summed E-state index contributed by atoms with van der Waals surface area (Å²) in [6, 6.07) is 9.95. The van der Waals surface area contributed by atoms with Crippen molar-refractivity contribution in [2.45, 2.75) is 6.54 Å². The molecule has 0 spiro atoms. The highest BCUT2D eigenvalue weighted by Crippen LogP contribution is 2.27. The second-order valence-electron chi connectivity index (χ2n) is 4.05. The molecule has 0 aliphatic carbocycles. The maximum Gasteiger partial charge on any atom is 0.153 e. The van der Waals surface area contributed by atoms with Crippen molar-refractivity contribution >= 4 is 11.0 Å². The van der Waals surface area contributed by atoms with Gasteiger partial charge in [-0.1, -0.05) is 6.07 Å². The molecule has 0 aliphatic heterocycles. The van der Waals surface area contributed by atoms with Crippen LogP contribution < -0.4 is 5.73 Å². The number of hydrogen-bond donors (Lipinski definition) is 1. The molecule has 0 fully saturated rings. The summed E-state index contributed by atoms with van der Waals surface area (Å²) in [5, 5.41) is 0.731. The van der Waals surface area contributed by atoms with Gasteiger partial charge in [0.15, 0.2) is 5.76 Å². The smallest absolute Gasteiger partial charge is 0.153 e. The van der Waals surface area contributed by atoms with Crippen LogP contribution >= 0.6 is 0 Å². The van der Waals surface area contributed by atoms with E-state index < -0.39 is 0 Å². The Bertz CT molecular complexity index is 689. The average Bonchev–Trinajstić information content (AvgIpc) is 2.81. The van der Waals surface area contributed by atoms with Crippen molar-refractivity contribution in [3.8, 4) is 11.5 Å². The number of hydrogen-bond acceptors (Lipinski definition) is 3. The molecule has 3 rings (SSSR count). The molecule has 90 valence electrons. The predicted octanol–water partition coefficient (Wildman–Crippen LogP) is 3.09. The Labute approximate surface area is 103 Å². The topological polar surface area (TPSA) is 52.0 Å². The van der Waals surface area contributed by atoms with Crippen molar-refractivity contribution in [2.24, 2.45) is 5.73 Å². The van der Waals surface area contributed by atoms with Crippen molar-refractivity contribution in [1.82, 2.24) is 4.98 Å². The lowest BCUT2D eigenvalue weighted by Crippen LogP contribution is -1.96. The minimum Gasteiger partial charge on any atom is -0.454 e. The SMILES string of the molecule is NCc1ccc(-c2cc3cc(F)ccc3o2)nc1. The summed E-state index contributed by atoms with van der Waals surface area (Å²) in [5.41, 5.74) is 7.83. The Kier molecular flexibility index (Phi) is 2.57. The predicted molar refractivity (Wildman–Crippen MR) is 67.3 cm³/mol. The summed E-state index contributed by atoms with van der Waals surface area (Å²) in [5.74, 6) is 0.348. The maximum absolute atomic E-state index is 13.1. The first-order valence-electron chi connectivity index (χ1n) is 5.61. The summed E-state index contributed by atoms with van der Waals surface area (Å²) in [6.07, 6.45) is 1.71. The number of aromatic nitrogens is 1. The lowest BCUT2D eigenvalue weighted by molar-refractivity contribution is 0.617. The van der Waals surface area contributed by atoms with Crippen molar-refractivity contribution in [3.05, 3.63) is 54.0 Å². The molecule has 2 heterocycles. The molecule has 0 atom stereocenters.